The summed E-state index contributed by atoms with van der Waals surface area (Å²) in [4.78, 5) is 0. The zero-order chi connectivity index (χ0) is 10.0. The van der Waals surface area contributed by atoms with Crippen LogP contribution in [0, 0.1) is 11.7 Å². The van der Waals surface area contributed by atoms with Gasteiger partial charge in [-0.05, 0) is 23.6 Å². The molecule has 3 heteroatoms. The Labute approximate surface area is 77.2 Å². The Morgan fingerprint density at radius 2 is 2.00 bits per heavy atom. The summed E-state index contributed by atoms with van der Waals surface area (Å²) < 4.78 is 12.9. The minimum Gasteiger partial charge on any atom is -0.505 e. The first-order valence-corrected chi connectivity index (χ1v) is 4.26. The third-order valence-corrected chi connectivity index (χ3v) is 2.07. The van der Waals surface area contributed by atoms with Crippen LogP contribution in [0.15, 0.2) is 18.2 Å². The molecular weight excluding hydrogens is 169 g/mol. The van der Waals surface area contributed by atoms with Crippen LogP contribution < -0.4 is 5.73 Å². The second-order valence-electron chi connectivity index (χ2n) is 3.48. The van der Waals surface area contributed by atoms with Gasteiger partial charge in [-0.25, -0.2) is 4.39 Å². The second kappa shape index (κ2) is 3.75. The van der Waals surface area contributed by atoms with Crippen molar-refractivity contribution in [2.24, 2.45) is 11.7 Å². The first-order chi connectivity index (χ1) is 6.02. The lowest BCUT2D eigenvalue weighted by molar-refractivity contribution is 0.429. The predicted octanol–water partition coefficient (Wildman–Crippen LogP) is 2.19. The second-order valence-corrected chi connectivity index (χ2v) is 3.48. The number of rotatable bonds is 2. The molecule has 0 bridgehead atoms. The van der Waals surface area contributed by atoms with E-state index in [1.165, 1.54) is 12.1 Å². The molecule has 2 nitrogen and oxygen atoms in total. The molecular formula is C10H14FNO. The lowest BCUT2D eigenvalue weighted by Gasteiger charge is -2.15. The van der Waals surface area contributed by atoms with Crippen molar-refractivity contribution in [1.82, 2.24) is 0 Å². The summed E-state index contributed by atoms with van der Waals surface area (Å²) in [5, 5.41) is 8.95. The molecule has 13 heavy (non-hydrogen) atoms. The number of halogens is 1. The molecule has 0 spiro atoms. The summed E-state index contributed by atoms with van der Waals surface area (Å²) in [6.07, 6.45) is 0. The quantitative estimate of drug-likeness (QED) is 0.738. The van der Waals surface area contributed by atoms with Gasteiger partial charge >= 0.3 is 0 Å². The molecule has 0 amide bonds. The summed E-state index contributed by atoms with van der Waals surface area (Å²) in [6, 6.07) is 4.06. The molecule has 0 aliphatic carbocycles. The van der Waals surface area contributed by atoms with E-state index in [1.54, 1.807) is 6.07 Å². The van der Waals surface area contributed by atoms with Gasteiger partial charge in [-0.15, -0.1) is 0 Å². The molecule has 0 aliphatic rings. The largest absolute Gasteiger partial charge is 0.505 e. The summed E-state index contributed by atoms with van der Waals surface area (Å²) in [5.74, 6) is -0.697. The van der Waals surface area contributed by atoms with E-state index in [2.05, 4.69) is 0 Å². The van der Waals surface area contributed by atoms with Crippen molar-refractivity contribution in [3.05, 3.63) is 29.6 Å². The van der Waals surface area contributed by atoms with Crippen molar-refractivity contribution in [3.8, 4) is 5.75 Å². The van der Waals surface area contributed by atoms with E-state index in [0.717, 1.165) is 0 Å². The maximum absolute atomic E-state index is 12.9. The number of hydrogen-bond acceptors (Lipinski definition) is 2. The Bertz CT molecular complexity index is 299. The first kappa shape index (κ1) is 9.99. The highest BCUT2D eigenvalue weighted by atomic mass is 19.1. The van der Waals surface area contributed by atoms with Crippen LogP contribution in [0.4, 0.5) is 4.39 Å². The lowest BCUT2D eigenvalue weighted by Crippen LogP contribution is -2.16. The van der Waals surface area contributed by atoms with Gasteiger partial charge in [0.25, 0.3) is 0 Å². The van der Waals surface area contributed by atoms with Crippen LogP contribution in [0.25, 0.3) is 0 Å². The minimum absolute atomic E-state index is 0.185. The summed E-state index contributed by atoms with van der Waals surface area (Å²) in [7, 11) is 0. The van der Waals surface area contributed by atoms with Crippen LogP contribution in [0.5, 0.6) is 5.75 Å². The van der Waals surface area contributed by atoms with Gasteiger partial charge in [0.2, 0.25) is 0 Å². The van der Waals surface area contributed by atoms with Crippen LogP contribution in [0.3, 0.4) is 0 Å². The Balaban J connectivity index is 2.97. The molecule has 0 saturated carbocycles. The van der Waals surface area contributed by atoms with Crippen LogP contribution in [-0.4, -0.2) is 5.11 Å². The van der Waals surface area contributed by atoms with E-state index < -0.39 is 5.82 Å². The zero-order valence-electron chi connectivity index (χ0n) is 7.79. The van der Waals surface area contributed by atoms with E-state index in [0.29, 0.717) is 5.56 Å². The zero-order valence-corrected chi connectivity index (χ0v) is 7.79. The van der Waals surface area contributed by atoms with Crippen molar-refractivity contribution in [3.63, 3.8) is 0 Å². The Morgan fingerprint density at radius 3 is 2.46 bits per heavy atom. The topological polar surface area (TPSA) is 46.2 Å². The van der Waals surface area contributed by atoms with Crippen LogP contribution in [0.2, 0.25) is 0 Å². The first-order valence-electron chi connectivity index (χ1n) is 4.26. The smallest absolute Gasteiger partial charge is 0.165 e. The van der Waals surface area contributed by atoms with Crippen molar-refractivity contribution < 1.29 is 9.50 Å². The molecule has 3 N–H and O–H groups in total. The van der Waals surface area contributed by atoms with E-state index in [4.69, 9.17) is 10.8 Å². The molecule has 1 aromatic carbocycles. The van der Waals surface area contributed by atoms with Gasteiger partial charge in [0.1, 0.15) is 0 Å². The molecule has 1 aromatic rings. The molecule has 0 saturated heterocycles. The Morgan fingerprint density at radius 1 is 1.38 bits per heavy atom. The fourth-order valence-corrected chi connectivity index (χ4v) is 1.12. The number of hydrogen-bond donors (Lipinski definition) is 2. The van der Waals surface area contributed by atoms with Gasteiger partial charge in [-0.1, -0.05) is 19.9 Å². The highest BCUT2D eigenvalue weighted by molar-refractivity contribution is 5.29. The highest BCUT2D eigenvalue weighted by Gasteiger charge is 2.12. The molecule has 0 aromatic heterocycles. The van der Waals surface area contributed by atoms with Gasteiger partial charge in [0.05, 0.1) is 0 Å². The molecule has 0 fully saturated rings. The summed E-state index contributed by atoms with van der Waals surface area (Å²) in [5.41, 5.74) is 6.52. The van der Waals surface area contributed by atoms with Gasteiger partial charge in [-0.3, -0.25) is 0 Å². The summed E-state index contributed by atoms with van der Waals surface area (Å²) >= 11 is 0. The number of phenols is 1. The predicted molar refractivity (Wildman–Crippen MR) is 49.8 cm³/mol. The maximum Gasteiger partial charge on any atom is 0.165 e. The number of aromatic hydroxyl groups is 1. The fraction of sp³-hybridized carbons (Fsp3) is 0.400. The number of phenolic OH excluding ortho intramolecular Hbond substituents is 1. The average molecular weight is 183 g/mol. The van der Waals surface area contributed by atoms with Gasteiger partial charge < -0.3 is 10.8 Å². The third kappa shape index (κ3) is 2.18. The fourth-order valence-electron chi connectivity index (χ4n) is 1.12. The maximum atomic E-state index is 12.9. The van der Waals surface area contributed by atoms with Crippen molar-refractivity contribution >= 4 is 0 Å². The molecule has 1 atom stereocenters. The van der Waals surface area contributed by atoms with Crippen molar-refractivity contribution in [2.75, 3.05) is 0 Å². The van der Waals surface area contributed by atoms with Gasteiger partial charge in [0.15, 0.2) is 11.6 Å². The van der Waals surface area contributed by atoms with Crippen LogP contribution in [-0.2, 0) is 0 Å². The highest BCUT2D eigenvalue weighted by Crippen LogP contribution is 2.23. The normalized spacial score (nSPS) is 13.3. The van der Waals surface area contributed by atoms with Gasteiger partial charge in [-0.2, -0.15) is 0 Å². The molecule has 0 unspecified atom stereocenters. The van der Waals surface area contributed by atoms with E-state index in [-0.39, 0.29) is 17.7 Å². The number of benzene rings is 1. The monoisotopic (exact) mass is 183 g/mol. The van der Waals surface area contributed by atoms with E-state index in [1.807, 2.05) is 13.8 Å². The third-order valence-electron chi connectivity index (χ3n) is 2.07. The number of nitrogens with two attached hydrogens (primary N) is 1. The Kier molecular flexibility index (Phi) is 2.88. The molecule has 0 aliphatic heterocycles. The summed E-state index contributed by atoms with van der Waals surface area (Å²) in [6.45, 7) is 3.94. The van der Waals surface area contributed by atoms with Crippen LogP contribution >= 0.6 is 0 Å². The SMILES string of the molecule is CC(C)[C@H](N)c1ccc(O)c(F)c1. The van der Waals surface area contributed by atoms with Crippen LogP contribution in [0.1, 0.15) is 25.5 Å². The van der Waals surface area contributed by atoms with Gasteiger partial charge in [0, 0.05) is 6.04 Å². The minimum atomic E-state index is -0.617. The lowest BCUT2D eigenvalue weighted by atomic mass is 9.97. The molecule has 72 valence electrons. The van der Waals surface area contributed by atoms with Crippen molar-refractivity contribution in [1.29, 1.82) is 0 Å². The Hall–Kier alpha value is -1.09. The molecule has 1 rings (SSSR count). The van der Waals surface area contributed by atoms with Crippen molar-refractivity contribution in [2.45, 2.75) is 19.9 Å². The molecule has 0 radical (unpaired) electrons. The van der Waals surface area contributed by atoms with E-state index in [9.17, 15) is 4.39 Å². The standard InChI is InChI=1S/C10H14FNO/c1-6(2)10(12)7-3-4-9(13)8(11)5-7/h3-6,10,13H,12H2,1-2H3/t10-/m0/s1. The van der Waals surface area contributed by atoms with E-state index >= 15 is 0 Å². The molecule has 0 heterocycles. The average Bonchev–Trinajstić information content (AvgIpc) is 2.08.